The van der Waals surface area contributed by atoms with Crippen LogP contribution in [0.3, 0.4) is 0 Å². The van der Waals surface area contributed by atoms with Gasteiger partial charge in [-0.1, -0.05) is 41.7 Å². The Morgan fingerprint density at radius 2 is 1.93 bits per heavy atom. The first-order valence-corrected chi connectivity index (χ1v) is 14.6. The van der Waals surface area contributed by atoms with E-state index in [0.29, 0.717) is 47.8 Å². The van der Waals surface area contributed by atoms with Crippen LogP contribution in [0.4, 0.5) is 0 Å². The monoisotopic (exact) mass is 670 g/mol. The Balaban J connectivity index is 1.82. The van der Waals surface area contributed by atoms with Gasteiger partial charge < -0.3 is 19.3 Å². The summed E-state index contributed by atoms with van der Waals surface area (Å²) in [7, 11) is 1.57. The maximum absolute atomic E-state index is 14.1. The molecule has 0 bridgehead atoms. The highest BCUT2D eigenvalue weighted by Crippen LogP contribution is 2.40. The first kappa shape index (κ1) is 27.9. The summed E-state index contributed by atoms with van der Waals surface area (Å²) < 4.78 is 19.4. The van der Waals surface area contributed by atoms with E-state index in [1.165, 1.54) is 11.3 Å². The molecule has 1 atom stereocenters. The summed E-state index contributed by atoms with van der Waals surface area (Å²) >= 11 is 3.26. The number of carbonyl (C=O) groups excluding carboxylic acids is 1. The van der Waals surface area contributed by atoms with E-state index in [-0.39, 0.29) is 23.5 Å². The summed E-state index contributed by atoms with van der Waals surface area (Å²) in [5.74, 6) is 0.405. The second-order valence-corrected chi connectivity index (χ2v) is 11.2. The average molecular weight is 671 g/mol. The number of esters is 1. The predicted octanol–water partition coefficient (Wildman–Crippen LogP) is 4.67. The summed E-state index contributed by atoms with van der Waals surface area (Å²) in [5, 5.41) is 12.2. The van der Waals surface area contributed by atoms with Gasteiger partial charge in [0.15, 0.2) is 16.3 Å². The molecular formula is C30H27IN2O6S. The zero-order valence-electron chi connectivity index (χ0n) is 22.4. The number of benzene rings is 3. The third-order valence-electron chi connectivity index (χ3n) is 6.59. The maximum Gasteiger partial charge on any atom is 0.338 e. The van der Waals surface area contributed by atoms with Crippen LogP contribution in [-0.4, -0.2) is 36.0 Å². The van der Waals surface area contributed by atoms with Crippen LogP contribution in [-0.2, 0) is 9.53 Å². The molecule has 0 amide bonds. The number of fused-ring (bicyclic) bond motifs is 2. The van der Waals surface area contributed by atoms with Crippen molar-refractivity contribution in [1.29, 1.82) is 0 Å². The SMILES string of the molecule is CCOC(=O)C1=C(C)N=c2s/c(=C\c3cc(I)c(O)c(OCC)c3)c(=O)n2C1c1c(OC)ccc2ccccc12. The third kappa shape index (κ3) is 4.90. The highest BCUT2D eigenvalue weighted by atomic mass is 127. The Hall–Kier alpha value is -3.64. The molecule has 40 heavy (non-hydrogen) atoms. The Labute approximate surface area is 248 Å². The Bertz CT molecular complexity index is 1860. The van der Waals surface area contributed by atoms with Crippen LogP contribution < -0.4 is 24.4 Å². The fourth-order valence-electron chi connectivity index (χ4n) is 4.89. The molecule has 10 heteroatoms. The first-order chi connectivity index (χ1) is 19.3. The summed E-state index contributed by atoms with van der Waals surface area (Å²) in [6.07, 6.45) is 1.74. The number of phenols is 1. The Morgan fingerprint density at radius 1 is 1.15 bits per heavy atom. The highest BCUT2D eigenvalue weighted by molar-refractivity contribution is 14.1. The molecule has 1 aliphatic rings. The number of aromatic hydroxyl groups is 1. The molecule has 1 aliphatic heterocycles. The van der Waals surface area contributed by atoms with E-state index in [9.17, 15) is 14.7 Å². The van der Waals surface area contributed by atoms with Gasteiger partial charge in [-0.2, -0.15) is 0 Å². The van der Waals surface area contributed by atoms with E-state index < -0.39 is 12.0 Å². The molecule has 1 unspecified atom stereocenters. The minimum absolute atomic E-state index is 0.0545. The molecule has 1 N–H and O–H groups in total. The lowest BCUT2D eigenvalue weighted by Crippen LogP contribution is -2.40. The number of ether oxygens (including phenoxy) is 3. The van der Waals surface area contributed by atoms with Gasteiger partial charge in [-0.25, -0.2) is 9.79 Å². The molecule has 0 saturated heterocycles. The van der Waals surface area contributed by atoms with Gasteiger partial charge in [-0.3, -0.25) is 9.36 Å². The minimum atomic E-state index is -0.822. The van der Waals surface area contributed by atoms with Crippen molar-refractivity contribution in [2.75, 3.05) is 20.3 Å². The standard InChI is InChI=1S/C30H27IN2O6S/c1-5-38-22-14-17(13-20(31)27(22)34)15-23-28(35)33-26(24(29(36)39-6-2)16(3)32-30(33)40-23)25-19-10-8-7-9-18(19)11-12-21(25)37-4/h7-15,26,34H,5-6H2,1-4H3/b23-15-. The van der Waals surface area contributed by atoms with Crippen LogP contribution in [0.2, 0.25) is 0 Å². The number of halogens is 1. The van der Waals surface area contributed by atoms with E-state index >= 15 is 0 Å². The molecule has 8 nitrogen and oxygen atoms in total. The number of phenolic OH excluding ortho intramolecular Hbond substituents is 1. The largest absolute Gasteiger partial charge is 0.504 e. The van der Waals surface area contributed by atoms with Crippen molar-refractivity contribution < 1.29 is 24.1 Å². The van der Waals surface area contributed by atoms with Crippen molar-refractivity contribution in [3.8, 4) is 17.2 Å². The van der Waals surface area contributed by atoms with Crippen molar-refractivity contribution in [2.24, 2.45) is 4.99 Å². The molecular weight excluding hydrogens is 643 g/mol. The van der Waals surface area contributed by atoms with Gasteiger partial charge in [-0.05, 0) is 84.0 Å². The van der Waals surface area contributed by atoms with Gasteiger partial charge in [0.25, 0.3) is 5.56 Å². The van der Waals surface area contributed by atoms with Crippen LogP contribution >= 0.6 is 33.9 Å². The molecule has 5 rings (SSSR count). The lowest BCUT2D eigenvalue weighted by molar-refractivity contribution is -0.139. The molecule has 0 fully saturated rings. The first-order valence-electron chi connectivity index (χ1n) is 12.7. The third-order valence-corrected chi connectivity index (χ3v) is 8.39. The fraction of sp³-hybridized carbons (Fsp3) is 0.233. The molecule has 206 valence electrons. The number of aromatic nitrogens is 1. The summed E-state index contributed by atoms with van der Waals surface area (Å²) in [6.45, 7) is 5.90. The Morgan fingerprint density at radius 3 is 2.65 bits per heavy atom. The molecule has 3 aromatic carbocycles. The molecule has 4 aromatic rings. The highest BCUT2D eigenvalue weighted by Gasteiger charge is 2.36. The van der Waals surface area contributed by atoms with E-state index in [2.05, 4.69) is 4.99 Å². The van der Waals surface area contributed by atoms with Crippen molar-refractivity contribution in [3.63, 3.8) is 0 Å². The maximum atomic E-state index is 14.1. The number of methoxy groups -OCH3 is 1. The second-order valence-electron chi connectivity index (χ2n) is 8.99. The van der Waals surface area contributed by atoms with Gasteiger partial charge in [0.1, 0.15) is 11.8 Å². The van der Waals surface area contributed by atoms with Crippen molar-refractivity contribution in [2.45, 2.75) is 26.8 Å². The normalized spacial score (nSPS) is 15.1. The zero-order valence-corrected chi connectivity index (χ0v) is 25.3. The summed E-state index contributed by atoms with van der Waals surface area (Å²) in [5.41, 5.74) is 1.83. The van der Waals surface area contributed by atoms with E-state index in [0.717, 1.165) is 10.8 Å². The van der Waals surface area contributed by atoms with Crippen molar-refractivity contribution in [1.82, 2.24) is 4.57 Å². The van der Waals surface area contributed by atoms with Crippen molar-refractivity contribution in [3.05, 3.63) is 94.2 Å². The van der Waals surface area contributed by atoms with Gasteiger partial charge in [0, 0.05) is 5.56 Å². The Kier molecular flexibility index (Phi) is 7.99. The van der Waals surface area contributed by atoms with Gasteiger partial charge in [0.2, 0.25) is 0 Å². The lowest BCUT2D eigenvalue weighted by Gasteiger charge is -2.27. The van der Waals surface area contributed by atoms with Gasteiger partial charge in [-0.15, -0.1) is 0 Å². The lowest BCUT2D eigenvalue weighted by atomic mass is 9.90. The summed E-state index contributed by atoms with van der Waals surface area (Å²) in [6, 6.07) is 14.2. The fourth-order valence-corrected chi connectivity index (χ4v) is 6.57. The smallest absolute Gasteiger partial charge is 0.338 e. The number of carbonyl (C=O) groups is 1. The van der Waals surface area contributed by atoms with Crippen LogP contribution in [0.1, 0.15) is 37.9 Å². The van der Waals surface area contributed by atoms with Crippen LogP contribution in [0.25, 0.3) is 16.8 Å². The zero-order chi connectivity index (χ0) is 28.6. The molecule has 0 spiro atoms. The number of rotatable bonds is 7. The average Bonchev–Trinajstić information content (AvgIpc) is 3.24. The van der Waals surface area contributed by atoms with Gasteiger partial charge in [0.05, 0.1) is 39.7 Å². The quantitative estimate of drug-likeness (QED) is 0.227. The van der Waals surface area contributed by atoms with Crippen molar-refractivity contribution >= 4 is 56.7 Å². The molecule has 0 aliphatic carbocycles. The van der Waals surface area contributed by atoms with E-state index in [1.54, 1.807) is 43.7 Å². The molecule has 1 aromatic heterocycles. The van der Waals surface area contributed by atoms with Crippen LogP contribution in [0.5, 0.6) is 17.2 Å². The number of thiazole rings is 1. The van der Waals surface area contributed by atoms with Crippen LogP contribution in [0, 0.1) is 3.57 Å². The van der Waals surface area contributed by atoms with Gasteiger partial charge >= 0.3 is 5.97 Å². The molecule has 2 heterocycles. The number of hydrogen-bond donors (Lipinski definition) is 1. The predicted molar refractivity (Wildman–Crippen MR) is 163 cm³/mol. The number of hydrogen-bond acceptors (Lipinski definition) is 8. The number of nitrogens with zero attached hydrogens (tertiary/aromatic N) is 2. The number of allylic oxidation sites excluding steroid dienone is 1. The van der Waals surface area contributed by atoms with Crippen LogP contribution in [0.15, 0.2) is 69.6 Å². The topological polar surface area (TPSA) is 99.4 Å². The van der Waals surface area contributed by atoms with E-state index in [1.807, 2.05) is 65.9 Å². The molecule has 0 radical (unpaired) electrons. The second kappa shape index (κ2) is 11.5. The summed E-state index contributed by atoms with van der Waals surface area (Å²) in [4.78, 5) is 32.6. The van der Waals surface area contributed by atoms with E-state index in [4.69, 9.17) is 14.2 Å². The minimum Gasteiger partial charge on any atom is -0.504 e. The molecule has 0 saturated carbocycles.